The number of ether oxygens (including phenoxy) is 1. The maximum absolute atomic E-state index is 14.9. The van der Waals surface area contributed by atoms with E-state index in [0.29, 0.717) is 12.1 Å². The number of nitrogens with two attached hydrogens (primary N) is 1. The van der Waals surface area contributed by atoms with Crippen LogP contribution in [0.25, 0.3) is 11.1 Å². The molecule has 0 radical (unpaired) electrons. The molecule has 6 nitrogen and oxygen atoms in total. The molecule has 1 unspecified atom stereocenters. The molecule has 32 heavy (non-hydrogen) atoms. The maximum atomic E-state index is 14.9. The molecule has 1 aromatic carbocycles. The van der Waals surface area contributed by atoms with Gasteiger partial charge in [0.05, 0.1) is 15.0 Å². The fraction of sp³-hybridized carbons (Fsp3) is 0.391. The molecular weight excluding hydrogens is 419 g/mol. The highest BCUT2D eigenvalue weighted by molar-refractivity contribution is 5.66. The van der Waals surface area contributed by atoms with Crippen molar-refractivity contribution in [1.29, 1.82) is 0 Å². The number of rotatable bonds is 6. The average Bonchev–Trinajstić information content (AvgIpc) is 3.37. The number of halogens is 3. The van der Waals surface area contributed by atoms with E-state index in [4.69, 9.17) is 26.9 Å². The third-order valence-corrected chi connectivity index (χ3v) is 4.61. The van der Waals surface area contributed by atoms with Crippen molar-refractivity contribution in [3.05, 3.63) is 59.3 Å². The van der Waals surface area contributed by atoms with Crippen molar-refractivity contribution in [3.63, 3.8) is 0 Å². The summed E-state index contributed by atoms with van der Waals surface area (Å²) in [5.41, 5.74) is 1.93. The number of aromatic nitrogens is 3. The number of pyridine rings is 1. The van der Waals surface area contributed by atoms with E-state index in [2.05, 4.69) is 15.4 Å². The van der Waals surface area contributed by atoms with Crippen molar-refractivity contribution >= 4 is 5.82 Å². The molecule has 0 bridgehead atoms. The molecule has 1 aliphatic heterocycles. The minimum absolute atomic E-state index is 0.0120. The topological polar surface area (TPSA) is 78.0 Å². The summed E-state index contributed by atoms with van der Waals surface area (Å²) in [5, 5.41) is 6.56. The smallest absolute Gasteiger partial charge is 0.279 e. The minimum atomic E-state index is -3.95. The Hall–Kier alpha value is -3.07. The number of nitrogens with zero attached hydrogens (tertiary/aromatic N) is 3. The Morgan fingerprint density at radius 3 is 2.84 bits per heavy atom. The van der Waals surface area contributed by atoms with Crippen molar-refractivity contribution in [2.45, 2.75) is 45.0 Å². The lowest BCUT2D eigenvalue weighted by atomic mass is 9.97. The van der Waals surface area contributed by atoms with Gasteiger partial charge >= 0.3 is 0 Å². The van der Waals surface area contributed by atoms with Gasteiger partial charge in [0.25, 0.3) is 6.43 Å². The van der Waals surface area contributed by atoms with E-state index in [1.165, 1.54) is 0 Å². The molecule has 3 heterocycles. The molecule has 1 aliphatic rings. The Labute approximate surface area is 201 Å². The van der Waals surface area contributed by atoms with Crippen LogP contribution in [0.2, 0.25) is 0 Å². The molecule has 0 saturated carbocycles. The molecule has 0 amide bonds. The van der Waals surface area contributed by atoms with Crippen molar-refractivity contribution < 1.29 is 34.4 Å². The van der Waals surface area contributed by atoms with Crippen LogP contribution in [0.1, 0.15) is 58.0 Å². The van der Waals surface area contributed by atoms with Gasteiger partial charge in [0.2, 0.25) is 0 Å². The van der Waals surface area contributed by atoms with E-state index in [9.17, 15) is 13.2 Å². The van der Waals surface area contributed by atoms with E-state index in [0.717, 1.165) is 29.3 Å². The number of hydrogen-bond donors (Lipinski definition) is 2. The molecule has 170 valence electrons. The van der Waals surface area contributed by atoms with Crippen LogP contribution in [0.3, 0.4) is 0 Å². The monoisotopic (exact) mass is 457 g/mol. The Morgan fingerprint density at radius 2 is 2.12 bits per heavy atom. The van der Waals surface area contributed by atoms with E-state index in [1.54, 1.807) is 0 Å². The molecular formula is C23H26F3N5O. The van der Waals surface area contributed by atoms with Gasteiger partial charge in [0.1, 0.15) is 5.82 Å². The summed E-state index contributed by atoms with van der Waals surface area (Å²) in [4.78, 5) is 3.84. The zero-order valence-corrected chi connectivity index (χ0v) is 16.4. The van der Waals surface area contributed by atoms with Crippen LogP contribution in [0.5, 0.6) is 5.75 Å². The third-order valence-electron chi connectivity index (χ3n) is 4.61. The first-order valence-corrected chi connectivity index (χ1v) is 9.30. The predicted molar refractivity (Wildman–Crippen MR) is 116 cm³/mol. The summed E-state index contributed by atoms with van der Waals surface area (Å²) < 4.78 is 147. The minimum Gasteiger partial charge on any atom is -0.476 e. The van der Waals surface area contributed by atoms with Crippen molar-refractivity contribution in [2.24, 2.45) is 0 Å². The lowest BCUT2D eigenvalue weighted by Crippen LogP contribution is -2.29. The van der Waals surface area contributed by atoms with Gasteiger partial charge in [-0.25, -0.2) is 18.2 Å². The normalized spacial score (nSPS) is 27.2. The van der Waals surface area contributed by atoms with E-state index < -0.39 is 79.0 Å². The Morgan fingerprint density at radius 1 is 1.31 bits per heavy atom. The van der Waals surface area contributed by atoms with E-state index in [1.807, 2.05) is 0 Å². The number of aryl methyl sites for hydroxylation is 1. The summed E-state index contributed by atoms with van der Waals surface area (Å²) in [6.45, 7) is -7.47. The first-order valence-electron chi connectivity index (χ1n) is 15.3. The van der Waals surface area contributed by atoms with Gasteiger partial charge in [-0.2, -0.15) is 5.10 Å². The van der Waals surface area contributed by atoms with Crippen molar-refractivity contribution in [2.75, 3.05) is 18.8 Å². The van der Waals surface area contributed by atoms with Gasteiger partial charge in [-0.15, -0.1) is 0 Å². The predicted octanol–water partition coefficient (Wildman–Crippen LogP) is 4.59. The number of nitrogen functional groups attached to an aromatic ring is 1. The van der Waals surface area contributed by atoms with Gasteiger partial charge in [-0.1, -0.05) is 6.07 Å². The van der Waals surface area contributed by atoms with Gasteiger partial charge in [-0.05, 0) is 62.8 Å². The molecule has 1 atom stereocenters. The molecule has 0 aliphatic carbocycles. The average molecular weight is 458 g/mol. The summed E-state index contributed by atoms with van der Waals surface area (Å²) in [6.07, 6.45) is -9.36. The van der Waals surface area contributed by atoms with Gasteiger partial charge < -0.3 is 15.8 Å². The first-order chi connectivity index (χ1) is 20.0. The zero-order valence-electron chi connectivity index (χ0n) is 28.4. The maximum Gasteiger partial charge on any atom is 0.279 e. The molecule has 3 aromatic rings. The van der Waals surface area contributed by atoms with Gasteiger partial charge in [0, 0.05) is 42.8 Å². The summed E-state index contributed by atoms with van der Waals surface area (Å²) >= 11 is 0. The fourth-order valence-electron chi connectivity index (χ4n) is 3.02. The molecule has 2 aromatic heterocycles. The second-order valence-corrected chi connectivity index (χ2v) is 6.70. The van der Waals surface area contributed by atoms with Crippen LogP contribution in [0.4, 0.5) is 19.0 Å². The Kier molecular flexibility index (Phi) is 3.36. The number of benzene rings is 1. The quantitative estimate of drug-likeness (QED) is 0.566. The molecule has 9 heteroatoms. The van der Waals surface area contributed by atoms with Crippen LogP contribution in [0.15, 0.2) is 36.8 Å². The lowest BCUT2D eigenvalue weighted by molar-refractivity contribution is 0.00988. The van der Waals surface area contributed by atoms with Crippen molar-refractivity contribution in [3.8, 4) is 16.9 Å². The number of alkyl halides is 2. The van der Waals surface area contributed by atoms with E-state index in [-0.39, 0.29) is 24.2 Å². The fourth-order valence-corrected chi connectivity index (χ4v) is 3.02. The van der Waals surface area contributed by atoms with Crippen LogP contribution in [-0.2, 0) is 0 Å². The summed E-state index contributed by atoms with van der Waals surface area (Å²) in [7, 11) is 0. The molecule has 3 N–H and O–H groups in total. The zero-order chi connectivity index (χ0) is 33.3. The first kappa shape index (κ1) is 11.7. The summed E-state index contributed by atoms with van der Waals surface area (Å²) in [6, 6.07) is -0.520. The number of hydrogen-bond acceptors (Lipinski definition) is 5. The Bertz CT molecular complexity index is 1550. The largest absolute Gasteiger partial charge is 0.476 e. The second kappa shape index (κ2) is 9.20. The molecule has 4 rings (SSSR count). The number of piperidine rings is 1. The van der Waals surface area contributed by atoms with Crippen molar-refractivity contribution in [1.82, 2.24) is 20.1 Å². The molecule has 0 spiro atoms. The van der Waals surface area contributed by atoms with Gasteiger partial charge in [0.15, 0.2) is 17.6 Å². The highest BCUT2D eigenvalue weighted by Crippen LogP contribution is 2.36. The highest BCUT2D eigenvalue weighted by atomic mass is 19.3. The second-order valence-electron chi connectivity index (χ2n) is 6.70. The standard InChI is InChI=1S/C23H26F3N5O/c1-13-3-4-18(24)14(2)20(13)21(22(25)26)32-19-9-15(10-29-23(19)27)16-11-30-31(12-16)17-5-7-28-8-6-17/h3-4,9-12,17,21-22,28H,5-8H2,1-2H3,(H2,27,29)/i1D3,2D3,5D2,6D2,17D,21D. The number of anilines is 1. The van der Waals surface area contributed by atoms with Crippen LogP contribution in [0, 0.1) is 19.5 Å². The van der Waals surface area contributed by atoms with Crippen LogP contribution < -0.4 is 15.8 Å². The Balaban J connectivity index is 1.86. The molecule has 1 saturated heterocycles. The number of nitrogens with one attached hydrogen (secondary N) is 1. The van der Waals surface area contributed by atoms with Gasteiger partial charge in [-0.3, -0.25) is 4.68 Å². The highest BCUT2D eigenvalue weighted by Gasteiger charge is 2.30. The molecule has 1 fully saturated rings. The SMILES string of the molecule is [2H]C([2H])([2H])c1ccc(F)c(C([2H])([2H])[2H])c1C([2H])(Oc1cc(-c2cnn(C3([2H])C([2H])([2H])CNCC3([2H])[2H])c2)cnc1N)C(F)F. The van der Waals surface area contributed by atoms with E-state index >= 15 is 0 Å². The van der Waals surface area contributed by atoms with Crippen LogP contribution >= 0.6 is 0 Å². The van der Waals surface area contributed by atoms with Crippen LogP contribution in [-0.4, -0.2) is 34.3 Å². The summed E-state index contributed by atoms with van der Waals surface area (Å²) in [5.74, 6) is -2.91. The lowest BCUT2D eigenvalue weighted by Gasteiger charge is -2.23. The third kappa shape index (κ3) is 4.43.